The van der Waals surface area contributed by atoms with Gasteiger partial charge in [0.05, 0.1) is 0 Å². The molecule has 2 bridgehead atoms. The minimum absolute atomic E-state index is 0.647. The highest BCUT2D eigenvalue weighted by molar-refractivity contribution is 5.20. The largest absolute Gasteiger partial charge is 0.0882 e. The van der Waals surface area contributed by atoms with Crippen molar-refractivity contribution in [2.24, 2.45) is 17.3 Å². The summed E-state index contributed by atoms with van der Waals surface area (Å²) in [6.45, 7) is 0. The van der Waals surface area contributed by atoms with Crippen molar-refractivity contribution in [3.8, 4) is 0 Å². The van der Waals surface area contributed by atoms with Crippen molar-refractivity contribution in [2.75, 3.05) is 0 Å². The van der Waals surface area contributed by atoms with Gasteiger partial charge in [0.25, 0.3) is 0 Å². The van der Waals surface area contributed by atoms with E-state index in [1.54, 1.807) is 0 Å². The van der Waals surface area contributed by atoms with Crippen molar-refractivity contribution in [1.82, 2.24) is 0 Å². The Kier molecular flexibility index (Phi) is 1.30. The molecule has 0 amide bonds. The Morgan fingerprint density at radius 3 is 2.50 bits per heavy atom. The van der Waals surface area contributed by atoms with Crippen LogP contribution in [0.5, 0.6) is 0 Å². The standard InChI is InChI=1S/C12H16/c1-2-4-11(3-1)12-7-5-10(9-12)6-8-12/h1-2,5,7,10-11H,3-4,6,8-9H2. The highest BCUT2D eigenvalue weighted by Crippen LogP contribution is 2.56. The molecule has 0 aliphatic heterocycles. The van der Waals surface area contributed by atoms with Crippen LogP contribution in [0.15, 0.2) is 24.3 Å². The zero-order valence-corrected chi connectivity index (χ0v) is 7.50. The van der Waals surface area contributed by atoms with E-state index in [-0.39, 0.29) is 0 Å². The molecule has 0 aromatic rings. The van der Waals surface area contributed by atoms with Crippen molar-refractivity contribution < 1.29 is 0 Å². The van der Waals surface area contributed by atoms with E-state index in [2.05, 4.69) is 24.3 Å². The van der Waals surface area contributed by atoms with Gasteiger partial charge in [-0.1, -0.05) is 24.3 Å². The highest BCUT2D eigenvalue weighted by atomic mass is 14.5. The van der Waals surface area contributed by atoms with Gasteiger partial charge in [0, 0.05) is 0 Å². The lowest BCUT2D eigenvalue weighted by molar-refractivity contribution is 0.252. The first-order valence-electron chi connectivity index (χ1n) is 5.23. The quantitative estimate of drug-likeness (QED) is 0.516. The summed E-state index contributed by atoms with van der Waals surface area (Å²) in [5.41, 5.74) is 0.647. The molecule has 3 aliphatic carbocycles. The van der Waals surface area contributed by atoms with Crippen LogP contribution in [0.4, 0.5) is 0 Å². The fourth-order valence-corrected chi connectivity index (χ4v) is 3.38. The molecule has 1 saturated carbocycles. The fraction of sp³-hybridized carbons (Fsp3) is 0.667. The van der Waals surface area contributed by atoms with Gasteiger partial charge in [0.1, 0.15) is 0 Å². The molecule has 3 rings (SSSR count). The average Bonchev–Trinajstić information content (AvgIpc) is 2.82. The molecule has 0 aromatic heterocycles. The zero-order chi connectivity index (χ0) is 8.02. The Morgan fingerprint density at radius 1 is 1.17 bits per heavy atom. The molecular weight excluding hydrogens is 144 g/mol. The molecule has 0 saturated heterocycles. The van der Waals surface area contributed by atoms with E-state index in [1.165, 1.54) is 32.1 Å². The van der Waals surface area contributed by atoms with Crippen molar-refractivity contribution in [3.63, 3.8) is 0 Å². The first-order chi connectivity index (χ1) is 5.89. The predicted octanol–water partition coefficient (Wildman–Crippen LogP) is 3.31. The van der Waals surface area contributed by atoms with E-state index >= 15 is 0 Å². The van der Waals surface area contributed by atoms with Crippen LogP contribution in [-0.4, -0.2) is 0 Å². The lowest BCUT2D eigenvalue weighted by Crippen LogP contribution is -2.22. The van der Waals surface area contributed by atoms with Gasteiger partial charge in [0.15, 0.2) is 0 Å². The van der Waals surface area contributed by atoms with E-state index < -0.39 is 0 Å². The van der Waals surface area contributed by atoms with Gasteiger partial charge in [0.2, 0.25) is 0 Å². The molecule has 12 heavy (non-hydrogen) atoms. The number of rotatable bonds is 1. The van der Waals surface area contributed by atoms with Gasteiger partial charge < -0.3 is 0 Å². The Morgan fingerprint density at radius 2 is 2.00 bits per heavy atom. The summed E-state index contributed by atoms with van der Waals surface area (Å²) in [5.74, 6) is 1.91. The lowest BCUT2D eigenvalue weighted by atomic mass is 9.74. The van der Waals surface area contributed by atoms with Gasteiger partial charge in [-0.25, -0.2) is 0 Å². The third-order valence-corrected chi connectivity index (χ3v) is 4.14. The SMILES string of the molecule is C1=CCC(C23C=CC(CC2)C3)C1. The van der Waals surface area contributed by atoms with E-state index in [0.717, 1.165) is 11.8 Å². The van der Waals surface area contributed by atoms with E-state index in [4.69, 9.17) is 0 Å². The number of hydrogen-bond acceptors (Lipinski definition) is 0. The van der Waals surface area contributed by atoms with Crippen LogP contribution >= 0.6 is 0 Å². The molecule has 3 aliphatic rings. The fourth-order valence-electron chi connectivity index (χ4n) is 3.38. The first kappa shape index (κ1) is 6.94. The van der Waals surface area contributed by atoms with Crippen molar-refractivity contribution in [3.05, 3.63) is 24.3 Å². The Bertz CT molecular complexity index is 241. The summed E-state index contributed by atoms with van der Waals surface area (Å²) in [6, 6.07) is 0. The Balaban J connectivity index is 1.86. The summed E-state index contributed by atoms with van der Waals surface area (Å²) < 4.78 is 0. The van der Waals surface area contributed by atoms with Crippen molar-refractivity contribution in [2.45, 2.75) is 32.1 Å². The molecule has 0 spiro atoms. The molecule has 0 radical (unpaired) electrons. The van der Waals surface area contributed by atoms with Gasteiger partial charge in [-0.05, 0) is 49.4 Å². The zero-order valence-electron chi connectivity index (χ0n) is 7.50. The average molecular weight is 160 g/mol. The topological polar surface area (TPSA) is 0 Å². The van der Waals surface area contributed by atoms with Gasteiger partial charge >= 0.3 is 0 Å². The van der Waals surface area contributed by atoms with Gasteiger partial charge in [-0.2, -0.15) is 0 Å². The van der Waals surface area contributed by atoms with Crippen LogP contribution in [0.3, 0.4) is 0 Å². The molecule has 1 fully saturated rings. The Labute approximate surface area is 74.4 Å². The molecule has 2 unspecified atom stereocenters. The molecule has 0 aromatic carbocycles. The monoisotopic (exact) mass is 160 g/mol. The molecular formula is C12H16. The third kappa shape index (κ3) is 0.784. The second-order valence-corrected chi connectivity index (χ2v) is 4.73. The maximum Gasteiger partial charge on any atom is -0.00782 e. The number of fused-ring (bicyclic) bond motifs is 2. The van der Waals surface area contributed by atoms with E-state index in [9.17, 15) is 0 Å². The predicted molar refractivity (Wildman–Crippen MR) is 50.8 cm³/mol. The third-order valence-electron chi connectivity index (χ3n) is 4.14. The first-order valence-corrected chi connectivity index (χ1v) is 5.23. The van der Waals surface area contributed by atoms with Crippen molar-refractivity contribution in [1.29, 1.82) is 0 Å². The summed E-state index contributed by atoms with van der Waals surface area (Å²) >= 11 is 0. The summed E-state index contributed by atoms with van der Waals surface area (Å²) in [4.78, 5) is 0. The highest BCUT2D eigenvalue weighted by Gasteiger charge is 2.45. The molecule has 0 N–H and O–H groups in total. The molecule has 0 heteroatoms. The molecule has 64 valence electrons. The molecule has 0 nitrogen and oxygen atoms in total. The van der Waals surface area contributed by atoms with E-state index in [1.807, 2.05) is 0 Å². The number of hydrogen-bond donors (Lipinski definition) is 0. The lowest BCUT2D eigenvalue weighted by Gasteiger charge is -2.30. The van der Waals surface area contributed by atoms with Crippen LogP contribution in [0.2, 0.25) is 0 Å². The summed E-state index contributed by atoms with van der Waals surface area (Å²) in [7, 11) is 0. The minimum Gasteiger partial charge on any atom is -0.0882 e. The van der Waals surface area contributed by atoms with Crippen LogP contribution < -0.4 is 0 Å². The van der Waals surface area contributed by atoms with Gasteiger partial charge in [-0.3, -0.25) is 0 Å². The normalized spacial score (nSPS) is 44.8. The smallest absolute Gasteiger partial charge is 0.00782 e. The van der Waals surface area contributed by atoms with Gasteiger partial charge in [-0.15, -0.1) is 0 Å². The maximum absolute atomic E-state index is 2.54. The maximum atomic E-state index is 2.54. The second kappa shape index (κ2) is 2.25. The van der Waals surface area contributed by atoms with Crippen LogP contribution in [0, 0.1) is 17.3 Å². The molecule has 0 heterocycles. The van der Waals surface area contributed by atoms with Crippen LogP contribution in [-0.2, 0) is 0 Å². The Hall–Kier alpha value is -0.520. The van der Waals surface area contributed by atoms with Crippen LogP contribution in [0.1, 0.15) is 32.1 Å². The second-order valence-electron chi connectivity index (χ2n) is 4.73. The minimum atomic E-state index is 0.647. The van der Waals surface area contributed by atoms with E-state index in [0.29, 0.717) is 5.41 Å². The summed E-state index contributed by atoms with van der Waals surface area (Å²) in [6.07, 6.45) is 16.9. The summed E-state index contributed by atoms with van der Waals surface area (Å²) in [5, 5.41) is 0. The van der Waals surface area contributed by atoms with Crippen LogP contribution in [0.25, 0.3) is 0 Å². The number of allylic oxidation sites excluding steroid dienone is 4. The molecule has 2 atom stereocenters. The van der Waals surface area contributed by atoms with Crippen molar-refractivity contribution >= 4 is 0 Å².